The Labute approximate surface area is 56.0 Å². The van der Waals surface area contributed by atoms with Crippen LogP contribution in [0.1, 0.15) is 0 Å². The minimum atomic E-state index is -1.53. The molecule has 1 unspecified atom stereocenters. The third kappa shape index (κ3) is 2.85. The maximum absolute atomic E-state index is 11.6. The van der Waals surface area contributed by atoms with Crippen molar-refractivity contribution in [2.75, 3.05) is 6.67 Å². The van der Waals surface area contributed by atoms with Crippen LogP contribution in [0.25, 0.3) is 0 Å². The van der Waals surface area contributed by atoms with Crippen LogP contribution in [-0.4, -0.2) is 29.8 Å². The van der Waals surface area contributed by atoms with E-state index in [9.17, 15) is 14.0 Å². The van der Waals surface area contributed by atoms with Gasteiger partial charge in [-0.2, -0.15) is 0 Å². The smallest absolute Gasteiger partial charge is 0.329 e. The molecule has 0 aliphatic heterocycles. The Morgan fingerprint density at radius 2 is 2.20 bits per heavy atom. The van der Waals surface area contributed by atoms with Gasteiger partial charge < -0.3 is 16.2 Å². The van der Waals surface area contributed by atoms with Gasteiger partial charge >= 0.3 is 12.0 Å². The van der Waals surface area contributed by atoms with Gasteiger partial charge in [-0.25, -0.2) is 14.0 Å². The number of hydrogen-bond donors (Lipinski definition) is 3. The van der Waals surface area contributed by atoms with Crippen molar-refractivity contribution < 1.29 is 19.1 Å². The van der Waals surface area contributed by atoms with E-state index in [1.54, 1.807) is 5.32 Å². The van der Waals surface area contributed by atoms with Crippen molar-refractivity contribution in [3.8, 4) is 0 Å². The Hall–Kier alpha value is -1.33. The summed E-state index contributed by atoms with van der Waals surface area (Å²) in [5.41, 5.74) is 4.53. The molecular weight excluding hydrogens is 143 g/mol. The number of amides is 2. The largest absolute Gasteiger partial charge is 0.480 e. The maximum Gasteiger partial charge on any atom is 0.329 e. The molecule has 0 saturated carbocycles. The highest BCUT2D eigenvalue weighted by atomic mass is 19.1. The number of carboxylic acids is 1. The number of primary amides is 1. The van der Waals surface area contributed by atoms with Crippen LogP contribution in [-0.2, 0) is 4.79 Å². The number of rotatable bonds is 3. The quantitative estimate of drug-likeness (QED) is 0.485. The van der Waals surface area contributed by atoms with Crippen LogP contribution >= 0.6 is 0 Å². The summed E-state index contributed by atoms with van der Waals surface area (Å²) < 4.78 is 11.6. The average Bonchev–Trinajstić information content (AvgIpc) is 1.81. The van der Waals surface area contributed by atoms with Crippen molar-refractivity contribution in [1.29, 1.82) is 0 Å². The number of aliphatic carboxylic acids is 1. The first-order valence-electron chi connectivity index (χ1n) is 2.42. The monoisotopic (exact) mass is 150 g/mol. The molecule has 0 fully saturated rings. The van der Waals surface area contributed by atoms with Crippen LogP contribution in [0.5, 0.6) is 0 Å². The second-order valence-corrected chi connectivity index (χ2v) is 1.55. The van der Waals surface area contributed by atoms with Crippen molar-refractivity contribution in [2.45, 2.75) is 6.04 Å². The van der Waals surface area contributed by atoms with Gasteiger partial charge in [-0.15, -0.1) is 0 Å². The predicted octanol–water partition coefficient (Wildman–Crippen LogP) is -0.923. The standard InChI is InChI=1S/C4H7FN2O3/c5-1-2(3(8)9)7-4(6)10/h2H,1H2,(H,8,9)(H3,6,7,10). The van der Waals surface area contributed by atoms with Crippen molar-refractivity contribution in [3.63, 3.8) is 0 Å². The van der Waals surface area contributed by atoms with Gasteiger partial charge in [0, 0.05) is 0 Å². The molecule has 0 bridgehead atoms. The van der Waals surface area contributed by atoms with E-state index in [1.165, 1.54) is 0 Å². The normalized spacial score (nSPS) is 12.1. The summed E-state index contributed by atoms with van der Waals surface area (Å²) in [6.07, 6.45) is 0. The molecule has 0 aromatic heterocycles. The van der Waals surface area contributed by atoms with Crippen LogP contribution in [0.15, 0.2) is 0 Å². The van der Waals surface area contributed by atoms with E-state index >= 15 is 0 Å². The van der Waals surface area contributed by atoms with Crippen molar-refractivity contribution in [2.24, 2.45) is 5.73 Å². The van der Waals surface area contributed by atoms with Gasteiger partial charge in [0.1, 0.15) is 6.67 Å². The number of nitrogens with two attached hydrogens (primary N) is 1. The number of nitrogens with one attached hydrogen (secondary N) is 1. The van der Waals surface area contributed by atoms with E-state index in [-0.39, 0.29) is 0 Å². The maximum atomic E-state index is 11.6. The second kappa shape index (κ2) is 3.65. The number of halogens is 1. The summed E-state index contributed by atoms with van der Waals surface area (Å²) in [5.74, 6) is -1.44. The molecule has 0 rings (SSSR count). The number of hydrogen-bond acceptors (Lipinski definition) is 2. The average molecular weight is 150 g/mol. The Kier molecular flexibility index (Phi) is 3.16. The van der Waals surface area contributed by atoms with Gasteiger partial charge in [-0.05, 0) is 0 Å². The van der Waals surface area contributed by atoms with Gasteiger partial charge in [0.05, 0.1) is 0 Å². The molecule has 0 heterocycles. The minimum Gasteiger partial charge on any atom is -0.480 e. The van der Waals surface area contributed by atoms with Crippen LogP contribution in [0, 0.1) is 0 Å². The van der Waals surface area contributed by atoms with Gasteiger partial charge in [0.15, 0.2) is 6.04 Å². The predicted molar refractivity (Wildman–Crippen MR) is 30.1 cm³/mol. The van der Waals surface area contributed by atoms with Crippen molar-refractivity contribution >= 4 is 12.0 Å². The zero-order chi connectivity index (χ0) is 8.15. The Morgan fingerprint density at radius 1 is 1.70 bits per heavy atom. The van der Waals surface area contributed by atoms with Gasteiger partial charge in [0.25, 0.3) is 0 Å². The van der Waals surface area contributed by atoms with E-state index in [2.05, 4.69) is 5.73 Å². The summed E-state index contributed by atoms with van der Waals surface area (Å²) in [5, 5.41) is 9.81. The van der Waals surface area contributed by atoms with Gasteiger partial charge in [-0.3, -0.25) is 0 Å². The van der Waals surface area contributed by atoms with E-state index < -0.39 is 24.7 Å². The molecule has 1 atom stereocenters. The summed E-state index contributed by atoms with van der Waals surface area (Å²) in [6.45, 7) is -1.17. The number of urea groups is 1. The first-order chi connectivity index (χ1) is 4.57. The van der Waals surface area contributed by atoms with E-state index in [1.807, 2.05) is 0 Å². The molecule has 6 heteroatoms. The lowest BCUT2D eigenvalue weighted by Gasteiger charge is -2.06. The molecular formula is C4H7FN2O3. The lowest BCUT2D eigenvalue weighted by Crippen LogP contribution is -2.44. The van der Waals surface area contributed by atoms with Crippen LogP contribution in [0.2, 0.25) is 0 Å². The van der Waals surface area contributed by atoms with E-state index in [0.29, 0.717) is 0 Å². The molecule has 0 radical (unpaired) electrons. The SMILES string of the molecule is NC(=O)NC(CF)C(=O)O. The third-order valence-corrected chi connectivity index (χ3v) is 0.769. The summed E-state index contributed by atoms with van der Waals surface area (Å²) in [4.78, 5) is 19.9. The number of carbonyl (C=O) groups excluding carboxylic acids is 1. The highest BCUT2D eigenvalue weighted by molar-refractivity contribution is 5.81. The molecule has 0 aromatic rings. The molecule has 0 spiro atoms. The Balaban J connectivity index is 3.83. The second-order valence-electron chi connectivity index (χ2n) is 1.55. The van der Waals surface area contributed by atoms with Crippen LogP contribution in [0.4, 0.5) is 9.18 Å². The van der Waals surface area contributed by atoms with Crippen LogP contribution < -0.4 is 11.1 Å². The first kappa shape index (κ1) is 8.67. The topological polar surface area (TPSA) is 92.4 Å². The fraction of sp³-hybridized carbons (Fsp3) is 0.500. The summed E-state index contributed by atoms with van der Waals surface area (Å²) in [7, 11) is 0. The highest BCUT2D eigenvalue weighted by Gasteiger charge is 2.17. The Bertz CT molecular complexity index is 149. The first-order valence-corrected chi connectivity index (χ1v) is 2.42. The van der Waals surface area contributed by atoms with Crippen molar-refractivity contribution in [3.05, 3.63) is 0 Å². The van der Waals surface area contributed by atoms with E-state index in [0.717, 1.165) is 0 Å². The minimum absolute atomic E-state index is 1.05. The molecule has 10 heavy (non-hydrogen) atoms. The zero-order valence-electron chi connectivity index (χ0n) is 5.00. The summed E-state index contributed by atoms with van der Waals surface area (Å²) in [6, 6.07) is -2.58. The number of carbonyl (C=O) groups is 2. The molecule has 58 valence electrons. The lowest BCUT2D eigenvalue weighted by atomic mass is 10.3. The molecule has 5 nitrogen and oxygen atoms in total. The van der Waals surface area contributed by atoms with Gasteiger partial charge in [-0.1, -0.05) is 0 Å². The zero-order valence-corrected chi connectivity index (χ0v) is 5.00. The Morgan fingerprint density at radius 3 is 2.30 bits per heavy atom. The van der Waals surface area contributed by atoms with Crippen LogP contribution in [0.3, 0.4) is 0 Å². The molecule has 4 N–H and O–H groups in total. The fourth-order valence-electron chi connectivity index (χ4n) is 0.338. The summed E-state index contributed by atoms with van der Waals surface area (Å²) >= 11 is 0. The lowest BCUT2D eigenvalue weighted by molar-refractivity contribution is -0.139. The highest BCUT2D eigenvalue weighted by Crippen LogP contribution is 1.83. The van der Waals surface area contributed by atoms with Crippen molar-refractivity contribution in [1.82, 2.24) is 5.32 Å². The molecule has 0 aliphatic carbocycles. The number of alkyl halides is 1. The fourth-order valence-corrected chi connectivity index (χ4v) is 0.338. The number of carboxylic acid groups (broad SMARTS) is 1. The molecule has 0 aliphatic rings. The molecule has 0 saturated heterocycles. The van der Waals surface area contributed by atoms with E-state index in [4.69, 9.17) is 5.11 Å². The molecule has 2 amide bonds. The van der Waals surface area contributed by atoms with Gasteiger partial charge in [0.2, 0.25) is 0 Å². The molecule has 0 aromatic carbocycles. The third-order valence-electron chi connectivity index (χ3n) is 0.769.